The zero-order chi connectivity index (χ0) is 13.9. The molecule has 1 aliphatic heterocycles. The lowest BCUT2D eigenvalue weighted by atomic mass is 9.98. The fraction of sp³-hybridized carbons (Fsp3) is 0.909. The minimum atomic E-state index is -4.39. The Balaban J connectivity index is 2.91. The van der Waals surface area contributed by atoms with E-state index < -0.39 is 24.8 Å². The fourth-order valence-corrected chi connectivity index (χ4v) is 2.35. The quantitative estimate of drug-likeness (QED) is 0.823. The molecule has 2 atom stereocenters. The molecule has 0 saturated carbocycles. The van der Waals surface area contributed by atoms with Gasteiger partial charge >= 0.3 is 6.18 Å². The van der Waals surface area contributed by atoms with E-state index in [9.17, 15) is 18.0 Å². The van der Waals surface area contributed by atoms with Gasteiger partial charge < -0.3 is 10.6 Å². The summed E-state index contributed by atoms with van der Waals surface area (Å²) in [5.41, 5.74) is 5.24. The highest BCUT2D eigenvalue weighted by Gasteiger charge is 2.47. The summed E-state index contributed by atoms with van der Waals surface area (Å²) in [7, 11) is 3.11. The molecule has 1 rings (SSSR count). The number of carbonyl (C=O) groups is 1. The molecule has 2 N–H and O–H groups in total. The van der Waals surface area contributed by atoms with Gasteiger partial charge in [-0.3, -0.25) is 9.69 Å². The van der Waals surface area contributed by atoms with Gasteiger partial charge in [-0.15, -0.1) is 0 Å². The molecule has 4 nitrogen and oxygen atoms in total. The highest BCUT2D eigenvalue weighted by Crippen LogP contribution is 2.30. The number of nitrogens with two attached hydrogens (primary N) is 1. The lowest BCUT2D eigenvalue weighted by Gasteiger charge is -2.41. The first kappa shape index (κ1) is 15.2. The van der Waals surface area contributed by atoms with E-state index in [0.29, 0.717) is 12.8 Å². The Morgan fingerprint density at radius 3 is 2.50 bits per heavy atom. The number of halogens is 3. The molecular formula is C11H20F3N3O. The number of hydrogen-bond donors (Lipinski definition) is 1. The zero-order valence-electron chi connectivity index (χ0n) is 10.7. The zero-order valence-corrected chi connectivity index (χ0v) is 10.7. The number of piperidine rings is 1. The molecule has 7 heteroatoms. The van der Waals surface area contributed by atoms with Crippen molar-refractivity contribution in [2.75, 3.05) is 27.2 Å². The largest absolute Gasteiger partial charge is 0.405 e. The van der Waals surface area contributed by atoms with Crippen LogP contribution in [0.4, 0.5) is 13.2 Å². The first-order chi connectivity index (χ1) is 8.29. The number of alkyl halides is 3. The molecule has 1 fully saturated rings. The molecule has 18 heavy (non-hydrogen) atoms. The van der Waals surface area contributed by atoms with Crippen molar-refractivity contribution in [3.63, 3.8) is 0 Å². The number of amides is 1. The van der Waals surface area contributed by atoms with Crippen molar-refractivity contribution >= 4 is 5.91 Å². The van der Waals surface area contributed by atoms with Crippen LogP contribution in [0.5, 0.6) is 0 Å². The molecule has 0 unspecified atom stereocenters. The van der Waals surface area contributed by atoms with Crippen molar-refractivity contribution in [2.24, 2.45) is 5.73 Å². The molecule has 1 aliphatic rings. The number of likely N-dealkylation sites (N-methyl/N-ethyl adjacent to an activating group) is 1. The number of rotatable bonds is 3. The maximum Gasteiger partial charge on any atom is 0.405 e. The summed E-state index contributed by atoms with van der Waals surface area (Å²) in [5, 5.41) is 0. The second-order valence-electron chi connectivity index (χ2n) is 4.78. The first-order valence-corrected chi connectivity index (χ1v) is 6.02. The van der Waals surface area contributed by atoms with Gasteiger partial charge in [0.1, 0.15) is 6.04 Å². The standard InChI is InChI=1S/C11H20F3N3O/c1-16(2)10(18)8-5-3-4-6-17(8)9(7-15)11(12,13)14/h8-9H,3-7,15H2,1-2H3/t8-,9+/m1/s1. The average molecular weight is 267 g/mol. The van der Waals surface area contributed by atoms with Crippen LogP contribution in [-0.2, 0) is 4.79 Å². The maximum absolute atomic E-state index is 12.9. The summed E-state index contributed by atoms with van der Waals surface area (Å²) in [6, 6.07) is -2.43. The highest BCUT2D eigenvalue weighted by molar-refractivity contribution is 5.81. The van der Waals surface area contributed by atoms with Gasteiger partial charge in [0.15, 0.2) is 0 Å². The van der Waals surface area contributed by atoms with Crippen LogP contribution < -0.4 is 5.73 Å². The van der Waals surface area contributed by atoms with Crippen LogP contribution >= 0.6 is 0 Å². The molecule has 1 heterocycles. The summed E-state index contributed by atoms with van der Waals surface area (Å²) in [6.45, 7) is -0.244. The van der Waals surface area contributed by atoms with Gasteiger partial charge in [-0.1, -0.05) is 6.42 Å². The molecule has 1 saturated heterocycles. The fourth-order valence-electron chi connectivity index (χ4n) is 2.35. The van der Waals surface area contributed by atoms with E-state index in [0.717, 1.165) is 6.42 Å². The SMILES string of the molecule is CN(C)C(=O)[C@H]1CCCCN1[C@@H](CN)C(F)(F)F. The number of hydrogen-bond acceptors (Lipinski definition) is 3. The molecule has 0 aromatic rings. The number of nitrogens with zero attached hydrogens (tertiary/aromatic N) is 2. The van der Waals surface area contributed by atoms with Gasteiger partial charge in [-0.05, 0) is 19.4 Å². The van der Waals surface area contributed by atoms with Crippen molar-refractivity contribution < 1.29 is 18.0 Å². The lowest BCUT2D eigenvalue weighted by Crippen LogP contribution is -2.59. The molecule has 0 aromatic heterocycles. The third-order valence-corrected chi connectivity index (χ3v) is 3.27. The Hall–Kier alpha value is -0.820. The van der Waals surface area contributed by atoms with E-state index in [2.05, 4.69) is 0 Å². The molecule has 0 spiro atoms. The monoisotopic (exact) mass is 267 g/mol. The minimum Gasteiger partial charge on any atom is -0.347 e. The Labute approximate surface area is 105 Å². The Morgan fingerprint density at radius 1 is 1.44 bits per heavy atom. The molecule has 0 radical (unpaired) electrons. The van der Waals surface area contributed by atoms with Crippen molar-refractivity contribution in [2.45, 2.75) is 37.5 Å². The van der Waals surface area contributed by atoms with Gasteiger partial charge in [0.25, 0.3) is 0 Å². The molecule has 0 bridgehead atoms. The summed E-state index contributed by atoms with van der Waals surface area (Å²) in [5.74, 6) is -0.280. The topological polar surface area (TPSA) is 49.6 Å². The smallest absolute Gasteiger partial charge is 0.347 e. The van der Waals surface area contributed by atoms with Gasteiger partial charge in [-0.2, -0.15) is 13.2 Å². The van der Waals surface area contributed by atoms with Gasteiger partial charge in [0.05, 0.1) is 6.04 Å². The van der Waals surface area contributed by atoms with E-state index in [1.54, 1.807) is 14.1 Å². The van der Waals surface area contributed by atoms with Crippen molar-refractivity contribution in [1.29, 1.82) is 0 Å². The van der Waals surface area contributed by atoms with Crippen LogP contribution in [0.2, 0.25) is 0 Å². The van der Waals surface area contributed by atoms with Crippen LogP contribution in [-0.4, -0.2) is 61.2 Å². The van der Waals surface area contributed by atoms with E-state index >= 15 is 0 Å². The van der Waals surface area contributed by atoms with Gasteiger partial charge in [0, 0.05) is 20.6 Å². The van der Waals surface area contributed by atoms with Gasteiger partial charge in [0.2, 0.25) is 5.91 Å². The Kier molecular flexibility index (Phi) is 4.98. The highest BCUT2D eigenvalue weighted by atomic mass is 19.4. The van der Waals surface area contributed by atoms with E-state index in [4.69, 9.17) is 5.73 Å². The number of carbonyl (C=O) groups excluding carboxylic acids is 1. The van der Waals surface area contributed by atoms with Gasteiger partial charge in [-0.25, -0.2) is 0 Å². The molecular weight excluding hydrogens is 247 g/mol. The predicted octanol–water partition coefficient (Wildman–Crippen LogP) is 0.819. The molecule has 1 amide bonds. The third kappa shape index (κ3) is 3.35. The van der Waals surface area contributed by atoms with Crippen LogP contribution in [0.15, 0.2) is 0 Å². The molecule has 0 aliphatic carbocycles. The molecule has 0 aromatic carbocycles. The third-order valence-electron chi connectivity index (χ3n) is 3.27. The summed E-state index contributed by atoms with van der Waals surface area (Å²) < 4.78 is 38.7. The summed E-state index contributed by atoms with van der Waals surface area (Å²) >= 11 is 0. The van der Waals surface area contributed by atoms with Crippen LogP contribution in [0.25, 0.3) is 0 Å². The molecule has 106 valence electrons. The van der Waals surface area contributed by atoms with Crippen LogP contribution in [0, 0.1) is 0 Å². The Bertz CT molecular complexity index is 294. The van der Waals surface area contributed by atoms with Crippen molar-refractivity contribution in [3.05, 3.63) is 0 Å². The van der Waals surface area contributed by atoms with E-state index in [-0.39, 0.29) is 12.5 Å². The lowest BCUT2D eigenvalue weighted by molar-refractivity contribution is -0.192. The minimum absolute atomic E-state index is 0.269. The first-order valence-electron chi connectivity index (χ1n) is 6.02. The number of likely N-dealkylation sites (tertiary alicyclic amines) is 1. The van der Waals surface area contributed by atoms with E-state index in [1.165, 1.54) is 9.80 Å². The van der Waals surface area contributed by atoms with Crippen molar-refractivity contribution in [1.82, 2.24) is 9.80 Å². The second-order valence-corrected chi connectivity index (χ2v) is 4.78. The van der Waals surface area contributed by atoms with Crippen LogP contribution in [0.1, 0.15) is 19.3 Å². The summed E-state index contributed by atoms with van der Waals surface area (Å²) in [6.07, 6.45) is -2.49. The van der Waals surface area contributed by atoms with Crippen molar-refractivity contribution in [3.8, 4) is 0 Å². The summed E-state index contributed by atoms with van der Waals surface area (Å²) in [4.78, 5) is 14.5. The maximum atomic E-state index is 12.9. The average Bonchev–Trinajstić information content (AvgIpc) is 2.27. The predicted molar refractivity (Wildman–Crippen MR) is 61.9 cm³/mol. The van der Waals surface area contributed by atoms with Crippen LogP contribution in [0.3, 0.4) is 0 Å². The second kappa shape index (κ2) is 5.88. The van der Waals surface area contributed by atoms with E-state index in [1.807, 2.05) is 0 Å². The Morgan fingerprint density at radius 2 is 2.06 bits per heavy atom. The normalized spacial score (nSPS) is 23.8.